The first-order chi connectivity index (χ1) is 17.6. The second-order valence-electron chi connectivity index (χ2n) is 9.68. The van der Waals surface area contributed by atoms with Crippen LogP contribution in [0.5, 0.6) is 0 Å². The minimum absolute atomic E-state index is 0.237. The van der Waals surface area contributed by atoms with Crippen molar-refractivity contribution in [3.63, 3.8) is 0 Å². The molecule has 3 aromatic heterocycles. The third-order valence-corrected chi connectivity index (χ3v) is 7.50. The second kappa shape index (κ2) is 9.66. The van der Waals surface area contributed by atoms with E-state index in [1.807, 2.05) is 30.5 Å². The van der Waals surface area contributed by atoms with Gasteiger partial charge in [-0.2, -0.15) is 0 Å². The standard InChI is InChI=1S/C27H30N8O/c1-18(34-11-13-35(14-12-34)26(36)19-3-2-4-19)20-7-10-29-25(16-20)33-27-31-23-6-5-21(15-24(23)32-27)22-8-9-28-17-30-22/h5-10,15-19H,2-4,11-14H2,1H3,(H2,29,31,32,33). The molecule has 0 spiro atoms. The lowest BCUT2D eigenvalue weighted by atomic mass is 9.84. The first-order valence-corrected chi connectivity index (χ1v) is 12.7. The van der Waals surface area contributed by atoms with E-state index in [-0.39, 0.29) is 12.0 Å². The number of aromatic nitrogens is 5. The largest absolute Gasteiger partial charge is 0.340 e. The van der Waals surface area contributed by atoms with E-state index in [9.17, 15) is 4.79 Å². The Balaban J connectivity index is 1.12. The molecule has 9 heteroatoms. The number of rotatable bonds is 6. The number of hydrogen-bond acceptors (Lipinski definition) is 7. The van der Waals surface area contributed by atoms with Crippen LogP contribution in [0.1, 0.15) is 37.8 Å². The van der Waals surface area contributed by atoms with Gasteiger partial charge in [-0.15, -0.1) is 0 Å². The van der Waals surface area contributed by atoms with Gasteiger partial charge >= 0.3 is 0 Å². The van der Waals surface area contributed by atoms with Crippen LogP contribution in [0.25, 0.3) is 22.3 Å². The van der Waals surface area contributed by atoms with Crippen LogP contribution in [0.4, 0.5) is 11.8 Å². The zero-order chi connectivity index (χ0) is 24.5. The number of hydrogen-bond donors (Lipinski definition) is 2. The summed E-state index contributed by atoms with van der Waals surface area (Å²) in [6, 6.07) is 12.3. The van der Waals surface area contributed by atoms with Crippen molar-refractivity contribution in [2.75, 3.05) is 31.5 Å². The number of anilines is 2. The third kappa shape index (κ3) is 4.54. The van der Waals surface area contributed by atoms with Crippen molar-refractivity contribution < 1.29 is 4.79 Å². The van der Waals surface area contributed by atoms with Crippen LogP contribution < -0.4 is 5.32 Å². The topological polar surface area (TPSA) is 103 Å². The summed E-state index contributed by atoms with van der Waals surface area (Å²) >= 11 is 0. The highest BCUT2D eigenvalue weighted by Gasteiger charge is 2.32. The van der Waals surface area contributed by atoms with Crippen LogP contribution in [0.3, 0.4) is 0 Å². The van der Waals surface area contributed by atoms with Crippen LogP contribution in [-0.2, 0) is 4.79 Å². The number of amides is 1. The average Bonchev–Trinajstić information content (AvgIpc) is 3.29. The summed E-state index contributed by atoms with van der Waals surface area (Å²) in [4.78, 5) is 37.9. The van der Waals surface area contributed by atoms with Gasteiger partial charge in [-0.1, -0.05) is 12.5 Å². The number of aromatic amines is 1. The van der Waals surface area contributed by atoms with Gasteiger partial charge in [0.1, 0.15) is 12.1 Å². The fourth-order valence-electron chi connectivity index (χ4n) is 5.04. The number of nitrogens with zero attached hydrogens (tertiary/aromatic N) is 6. The summed E-state index contributed by atoms with van der Waals surface area (Å²) < 4.78 is 0. The number of pyridine rings is 1. The lowest BCUT2D eigenvalue weighted by Gasteiger charge is -2.40. The molecule has 0 bridgehead atoms. The fourth-order valence-corrected chi connectivity index (χ4v) is 5.04. The van der Waals surface area contributed by atoms with Crippen LogP contribution >= 0.6 is 0 Å². The van der Waals surface area contributed by atoms with Crippen LogP contribution in [0.2, 0.25) is 0 Å². The van der Waals surface area contributed by atoms with E-state index >= 15 is 0 Å². The molecule has 6 rings (SSSR count). The number of benzene rings is 1. The zero-order valence-electron chi connectivity index (χ0n) is 20.4. The molecular weight excluding hydrogens is 452 g/mol. The van der Waals surface area contributed by atoms with Crippen molar-refractivity contribution in [2.45, 2.75) is 32.2 Å². The smallest absolute Gasteiger partial charge is 0.225 e. The number of piperazine rings is 1. The van der Waals surface area contributed by atoms with E-state index in [1.54, 1.807) is 12.5 Å². The predicted molar refractivity (Wildman–Crippen MR) is 139 cm³/mol. The highest BCUT2D eigenvalue weighted by Crippen LogP contribution is 2.30. The number of H-pyrrole nitrogens is 1. The lowest BCUT2D eigenvalue weighted by molar-refractivity contribution is -0.140. The summed E-state index contributed by atoms with van der Waals surface area (Å²) in [6.07, 6.45) is 8.45. The van der Waals surface area contributed by atoms with Crippen molar-refractivity contribution in [1.82, 2.24) is 34.7 Å². The molecule has 184 valence electrons. The molecule has 4 aromatic rings. The Kier molecular flexibility index (Phi) is 6.06. The van der Waals surface area contributed by atoms with Gasteiger partial charge in [-0.05, 0) is 55.7 Å². The molecule has 0 radical (unpaired) electrons. The summed E-state index contributed by atoms with van der Waals surface area (Å²) in [5.41, 5.74) is 4.85. The molecule has 1 amide bonds. The van der Waals surface area contributed by atoms with Crippen LogP contribution in [0.15, 0.2) is 55.1 Å². The van der Waals surface area contributed by atoms with Gasteiger partial charge < -0.3 is 15.2 Å². The highest BCUT2D eigenvalue weighted by molar-refractivity contribution is 5.83. The Labute approximate surface area is 210 Å². The van der Waals surface area contributed by atoms with Gasteiger partial charge in [-0.25, -0.2) is 19.9 Å². The van der Waals surface area contributed by atoms with E-state index in [0.29, 0.717) is 11.9 Å². The number of carbonyl (C=O) groups excluding carboxylic acids is 1. The predicted octanol–water partition coefficient (Wildman–Crippen LogP) is 4.16. The zero-order valence-corrected chi connectivity index (χ0v) is 20.4. The Morgan fingerprint density at radius 1 is 1.06 bits per heavy atom. The first-order valence-electron chi connectivity index (χ1n) is 12.7. The molecule has 2 fully saturated rings. The maximum Gasteiger partial charge on any atom is 0.225 e. The minimum atomic E-state index is 0.237. The second-order valence-corrected chi connectivity index (χ2v) is 9.68. The monoisotopic (exact) mass is 482 g/mol. The van der Waals surface area contributed by atoms with Crippen molar-refractivity contribution >= 4 is 28.7 Å². The van der Waals surface area contributed by atoms with Crippen molar-refractivity contribution in [2.24, 2.45) is 5.92 Å². The molecule has 9 nitrogen and oxygen atoms in total. The molecule has 1 saturated heterocycles. The van der Waals surface area contributed by atoms with Crippen LogP contribution in [0, 0.1) is 5.92 Å². The number of carbonyl (C=O) groups is 1. The molecule has 1 aliphatic heterocycles. The molecule has 1 unspecified atom stereocenters. The quantitative estimate of drug-likeness (QED) is 0.425. The Hall–Kier alpha value is -3.85. The van der Waals surface area contributed by atoms with Crippen molar-refractivity contribution in [3.05, 3.63) is 60.7 Å². The Morgan fingerprint density at radius 2 is 1.92 bits per heavy atom. The number of nitrogens with one attached hydrogen (secondary N) is 2. The van der Waals surface area contributed by atoms with E-state index in [1.165, 1.54) is 12.0 Å². The van der Waals surface area contributed by atoms with Crippen molar-refractivity contribution in [1.29, 1.82) is 0 Å². The summed E-state index contributed by atoms with van der Waals surface area (Å²) in [6.45, 7) is 5.63. The van der Waals surface area contributed by atoms with E-state index in [4.69, 9.17) is 0 Å². The maximum atomic E-state index is 12.6. The van der Waals surface area contributed by atoms with Gasteiger partial charge in [0, 0.05) is 56.1 Å². The van der Waals surface area contributed by atoms with Gasteiger partial charge in [-0.3, -0.25) is 9.69 Å². The lowest BCUT2D eigenvalue weighted by Crippen LogP contribution is -2.51. The van der Waals surface area contributed by atoms with Crippen molar-refractivity contribution in [3.8, 4) is 11.3 Å². The van der Waals surface area contributed by atoms with Gasteiger partial charge in [0.2, 0.25) is 11.9 Å². The molecule has 1 saturated carbocycles. The summed E-state index contributed by atoms with van der Waals surface area (Å²) in [5, 5.41) is 3.32. The Bertz CT molecular complexity index is 1360. The highest BCUT2D eigenvalue weighted by atomic mass is 16.2. The van der Waals surface area contributed by atoms with Gasteiger partial charge in [0.05, 0.1) is 16.7 Å². The molecular formula is C27H30N8O. The molecule has 36 heavy (non-hydrogen) atoms. The molecule has 1 aliphatic carbocycles. The SMILES string of the molecule is CC(c1ccnc(Nc2nc3ccc(-c4ccncn4)cc3[nH]2)c1)N1CCN(C(=O)C2CCC2)CC1. The summed E-state index contributed by atoms with van der Waals surface area (Å²) in [7, 11) is 0. The van der Waals surface area contributed by atoms with E-state index < -0.39 is 0 Å². The third-order valence-electron chi connectivity index (χ3n) is 7.50. The van der Waals surface area contributed by atoms with Crippen LogP contribution in [-0.4, -0.2) is 66.8 Å². The Morgan fingerprint density at radius 3 is 2.67 bits per heavy atom. The fraction of sp³-hybridized carbons (Fsp3) is 0.370. The summed E-state index contributed by atoms with van der Waals surface area (Å²) in [5.74, 6) is 2.03. The molecule has 1 aromatic carbocycles. The normalized spacial score (nSPS) is 17.6. The average molecular weight is 483 g/mol. The molecule has 1 atom stereocenters. The number of fused-ring (bicyclic) bond motifs is 1. The van der Waals surface area contributed by atoms with E-state index in [2.05, 4.69) is 59.1 Å². The van der Waals surface area contributed by atoms with E-state index in [0.717, 1.165) is 67.1 Å². The van der Waals surface area contributed by atoms with Gasteiger partial charge in [0.25, 0.3) is 0 Å². The van der Waals surface area contributed by atoms with Gasteiger partial charge in [0.15, 0.2) is 0 Å². The number of imidazole rings is 1. The maximum absolute atomic E-state index is 12.6. The molecule has 2 N–H and O–H groups in total. The minimum Gasteiger partial charge on any atom is -0.340 e. The molecule has 2 aliphatic rings. The molecule has 4 heterocycles. The first kappa shape index (κ1) is 22.6.